The smallest absolute Gasteiger partial charge is 0.191 e. The lowest BCUT2D eigenvalue weighted by Crippen LogP contribution is -2.38. The van der Waals surface area contributed by atoms with Crippen LogP contribution in [0.1, 0.15) is 29.4 Å². The van der Waals surface area contributed by atoms with Gasteiger partial charge >= 0.3 is 0 Å². The molecule has 2 aromatic heterocycles. The quantitative estimate of drug-likeness (QED) is 0.397. The molecule has 122 valence electrons. The van der Waals surface area contributed by atoms with Crippen LogP contribution in [0.3, 0.4) is 0 Å². The summed E-state index contributed by atoms with van der Waals surface area (Å²) >= 11 is 1.84. The second-order valence-electron chi connectivity index (χ2n) is 4.67. The summed E-state index contributed by atoms with van der Waals surface area (Å²) in [6.45, 7) is 6.64. The zero-order chi connectivity index (χ0) is 14.9. The van der Waals surface area contributed by atoms with Gasteiger partial charge in [0.25, 0.3) is 0 Å². The van der Waals surface area contributed by atoms with E-state index in [1.165, 1.54) is 9.75 Å². The number of thiophene rings is 1. The predicted molar refractivity (Wildman–Crippen MR) is 104 cm³/mol. The number of hydrogen-bond donors (Lipinski definition) is 2. The molecule has 0 unspecified atom stereocenters. The van der Waals surface area contributed by atoms with Gasteiger partial charge in [0.15, 0.2) is 5.96 Å². The van der Waals surface area contributed by atoms with Crippen LogP contribution >= 0.6 is 35.3 Å². The number of rotatable bonds is 7. The predicted octanol–water partition coefficient (Wildman–Crippen LogP) is 3.82. The van der Waals surface area contributed by atoms with Crippen molar-refractivity contribution in [2.75, 3.05) is 13.1 Å². The van der Waals surface area contributed by atoms with E-state index in [0.717, 1.165) is 44.2 Å². The second-order valence-corrected chi connectivity index (χ2v) is 5.93. The molecule has 0 atom stereocenters. The molecule has 0 bridgehead atoms. The summed E-state index contributed by atoms with van der Waals surface area (Å²) in [5, 5.41) is 6.60. The fourth-order valence-corrected chi connectivity index (χ4v) is 2.84. The first-order chi connectivity index (χ1) is 10.3. The van der Waals surface area contributed by atoms with Crippen LogP contribution in [0.25, 0.3) is 0 Å². The highest BCUT2D eigenvalue weighted by Crippen LogP contribution is 2.17. The van der Waals surface area contributed by atoms with Crippen molar-refractivity contribution in [1.29, 1.82) is 0 Å². The topological polar surface area (TPSA) is 49.6 Å². The number of aliphatic imine (C=N–C) groups is 1. The monoisotopic (exact) mass is 433 g/mol. The molecule has 2 N–H and O–H groups in total. The van der Waals surface area contributed by atoms with Crippen molar-refractivity contribution >= 4 is 41.3 Å². The number of furan rings is 1. The zero-order valence-electron chi connectivity index (χ0n) is 13.1. The van der Waals surface area contributed by atoms with Crippen LogP contribution in [0, 0.1) is 0 Å². The first kappa shape index (κ1) is 19.0. The molecule has 0 aliphatic heterocycles. The molecule has 22 heavy (non-hydrogen) atoms. The summed E-state index contributed by atoms with van der Waals surface area (Å²) in [6.07, 6.45) is 3.66. The first-order valence-electron chi connectivity index (χ1n) is 7.44. The third-order valence-corrected chi connectivity index (χ3v) is 4.26. The maximum atomic E-state index is 5.32. The van der Waals surface area contributed by atoms with Crippen molar-refractivity contribution < 1.29 is 4.42 Å². The molecule has 0 aliphatic rings. The Morgan fingerprint density at radius 1 is 1.18 bits per heavy atom. The highest BCUT2D eigenvalue weighted by Gasteiger charge is 2.01. The van der Waals surface area contributed by atoms with Crippen molar-refractivity contribution in [3.8, 4) is 0 Å². The Kier molecular flexibility index (Phi) is 9.22. The molecule has 0 fully saturated rings. The van der Waals surface area contributed by atoms with E-state index in [4.69, 9.17) is 4.42 Å². The molecule has 2 rings (SSSR count). The van der Waals surface area contributed by atoms with E-state index in [2.05, 4.69) is 41.6 Å². The number of aryl methyl sites for hydroxylation is 1. The molecule has 4 nitrogen and oxygen atoms in total. The summed E-state index contributed by atoms with van der Waals surface area (Å²) in [7, 11) is 0. The van der Waals surface area contributed by atoms with E-state index in [1.807, 2.05) is 23.5 Å². The van der Waals surface area contributed by atoms with Gasteiger partial charge in [0.05, 0.1) is 12.8 Å². The maximum absolute atomic E-state index is 5.32. The lowest BCUT2D eigenvalue weighted by atomic mass is 10.3. The number of halogens is 1. The maximum Gasteiger partial charge on any atom is 0.191 e. The van der Waals surface area contributed by atoms with E-state index < -0.39 is 0 Å². The van der Waals surface area contributed by atoms with E-state index in [9.17, 15) is 0 Å². The first-order valence-corrected chi connectivity index (χ1v) is 8.25. The molecule has 0 saturated carbocycles. The Hall–Kier alpha value is -1.02. The van der Waals surface area contributed by atoms with E-state index >= 15 is 0 Å². The molecule has 0 saturated heterocycles. The summed E-state index contributed by atoms with van der Waals surface area (Å²) in [5.74, 6) is 1.85. The van der Waals surface area contributed by atoms with Crippen LogP contribution in [0.2, 0.25) is 0 Å². The SMILES string of the molecule is CCNC(=NCc1ccc(CC)s1)NCCc1ccco1.I. The van der Waals surface area contributed by atoms with Gasteiger partial charge in [-0.15, -0.1) is 35.3 Å². The van der Waals surface area contributed by atoms with Crippen LogP contribution in [0.5, 0.6) is 0 Å². The van der Waals surface area contributed by atoms with Gasteiger partial charge in [-0.05, 0) is 37.6 Å². The van der Waals surface area contributed by atoms with Crippen molar-refractivity contribution in [3.63, 3.8) is 0 Å². The van der Waals surface area contributed by atoms with Crippen LogP contribution in [-0.2, 0) is 19.4 Å². The largest absolute Gasteiger partial charge is 0.469 e. The molecule has 2 aromatic rings. The zero-order valence-corrected chi connectivity index (χ0v) is 16.2. The average Bonchev–Trinajstić information content (AvgIpc) is 3.16. The molecule has 0 spiro atoms. The lowest BCUT2D eigenvalue weighted by Gasteiger charge is -2.10. The van der Waals surface area contributed by atoms with Gasteiger partial charge in [-0.2, -0.15) is 0 Å². The van der Waals surface area contributed by atoms with Crippen LogP contribution in [0.15, 0.2) is 39.9 Å². The van der Waals surface area contributed by atoms with Crippen molar-refractivity contribution in [1.82, 2.24) is 10.6 Å². The second kappa shape index (κ2) is 10.7. The Morgan fingerprint density at radius 2 is 2.00 bits per heavy atom. The van der Waals surface area contributed by atoms with E-state index in [1.54, 1.807) is 6.26 Å². The summed E-state index contributed by atoms with van der Waals surface area (Å²) in [5.41, 5.74) is 0. The number of guanidine groups is 1. The highest BCUT2D eigenvalue weighted by atomic mass is 127. The molecular weight excluding hydrogens is 409 g/mol. The third-order valence-electron chi connectivity index (χ3n) is 3.05. The molecule has 0 aliphatic carbocycles. The van der Waals surface area contributed by atoms with Gasteiger partial charge < -0.3 is 15.1 Å². The Balaban J connectivity index is 0.00000242. The Morgan fingerprint density at radius 3 is 2.64 bits per heavy atom. The number of hydrogen-bond acceptors (Lipinski definition) is 3. The Bertz CT molecular complexity index is 552. The number of nitrogens with zero attached hydrogens (tertiary/aromatic N) is 1. The van der Waals surface area contributed by atoms with E-state index in [0.29, 0.717) is 0 Å². The molecule has 0 amide bonds. The van der Waals surface area contributed by atoms with Gasteiger partial charge in [-0.1, -0.05) is 6.92 Å². The number of nitrogens with one attached hydrogen (secondary N) is 2. The van der Waals surface area contributed by atoms with Gasteiger partial charge in [-0.3, -0.25) is 0 Å². The molecule has 6 heteroatoms. The minimum absolute atomic E-state index is 0. The van der Waals surface area contributed by atoms with Crippen LogP contribution < -0.4 is 10.6 Å². The van der Waals surface area contributed by atoms with Gasteiger partial charge in [0, 0.05) is 29.3 Å². The summed E-state index contributed by atoms with van der Waals surface area (Å²) in [6, 6.07) is 8.26. The summed E-state index contributed by atoms with van der Waals surface area (Å²) < 4.78 is 5.32. The van der Waals surface area contributed by atoms with Crippen LogP contribution in [0.4, 0.5) is 0 Å². The Labute approximate surface area is 153 Å². The molecule has 0 aromatic carbocycles. The average molecular weight is 433 g/mol. The third kappa shape index (κ3) is 6.39. The standard InChI is InChI=1S/C16H23N3OS.HI/c1-3-14-7-8-15(21-14)12-19-16(17-4-2)18-10-9-13-6-5-11-20-13;/h5-8,11H,3-4,9-10,12H2,1-2H3,(H2,17,18,19);1H. The minimum atomic E-state index is 0. The highest BCUT2D eigenvalue weighted by molar-refractivity contribution is 14.0. The van der Waals surface area contributed by atoms with Gasteiger partial charge in [0.2, 0.25) is 0 Å². The van der Waals surface area contributed by atoms with Crippen molar-refractivity contribution in [2.45, 2.75) is 33.2 Å². The normalized spacial score (nSPS) is 11.1. The molecule has 0 radical (unpaired) electrons. The lowest BCUT2D eigenvalue weighted by molar-refractivity contribution is 0.507. The van der Waals surface area contributed by atoms with Gasteiger partial charge in [-0.25, -0.2) is 4.99 Å². The summed E-state index contributed by atoms with van der Waals surface area (Å²) in [4.78, 5) is 7.34. The van der Waals surface area contributed by atoms with Crippen molar-refractivity contribution in [2.24, 2.45) is 4.99 Å². The fraction of sp³-hybridized carbons (Fsp3) is 0.438. The van der Waals surface area contributed by atoms with Gasteiger partial charge in [0.1, 0.15) is 5.76 Å². The van der Waals surface area contributed by atoms with Crippen molar-refractivity contribution in [3.05, 3.63) is 46.0 Å². The molecular formula is C16H24IN3OS. The fourth-order valence-electron chi connectivity index (χ4n) is 1.95. The minimum Gasteiger partial charge on any atom is -0.469 e. The van der Waals surface area contributed by atoms with Crippen LogP contribution in [-0.4, -0.2) is 19.0 Å². The van der Waals surface area contributed by atoms with E-state index in [-0.39, 0.29) is 24.0 Å². The molecule has 2 heterocycles.